The number of hydrogen-bond acceptors (Lipinski definition) is 4. The van der Waals surface area contributed by atoms with Crippen LogP contribution in [0.3, 0.4) is 0 Å². The maximum Gasteiger partial charge on any atom is 0.338 e. The van der Waals surface area contributed by atoms with Crippen LogP contribution in [0.2, 0.25) is 0 Å². The second kappa shape index (κ2) is 9.48. The number of halogens is 1. The smallest absolute Gasteiger partial charge is 0.338 e. The van der Waals surface area contributed by atoms with Gasteiger partial charge >= 0.3 is 11.9 Å². The van der Waals surface area contributed by atoms with E-state index in [0.29, 0.717) is 28.0 Å². The first kappa shape index (κ1) is 23.2. The summed E-state index contributed by atoms with van der Waals surface area (Å²) in [5, 5.41) is 0. The van der Waals surface area contributed by atoms with Crippen LogP contribution in [-0.4, -0.2) is 11.9 Å². The van der Waals surface area contributed by atoms with Gasteiger partial charge in [0.2, 0.25) is 0 Å². The standard InChI is InChI=1S/C29H25FO4/c1-17(2)28(31)33-23-10-5-19(6-11-23)24-12-7-21(16-26(24)30)20-8-13-25-22(15-20)9-14-27(25)34-29(32)18(3)4/h5-8,10-13,15-16,27H,1,3,9,14H2,2,4H3. The Hall–Kier alpha value is -3.99. The van der Waals surface area contributed by atoms with Gasteiger partial charge in [-0.2, -0.15) is 0 Å². The molecule has 5 heteroatoms. The van der Waals surface area contributed by atoms with Crippen LogP contribution in [0.15, 0.2) is 85.0 Å². The molecule has 3 aromatic rings. The minimum Gasteiger partial charge on any atom is -0.454 e. The molecule has 4 nitrogen and oxygen atoms in total. The zero-order valence-electron chi connectivity index (χ0n) is 19.2. The molecule has 0 N–H and O–H groups in total. The minimum absolute atomic E-state index is 0.273. The number of carbonyl (C=O) groups is 2. The van der Waals surface area contributed by atoms with Crippen LogP contribution in [-0.2, 0) is 20.7 Å². The Balaban J connectivity index is 1.53. The molecule has 1 aliphatic carbocycles. The van der Waals surface area contributed by atoms with Gasteiger partial charge in [0.25, 0.3) is 0 Å². The topological polar surface area (TPSA) is 52.6 Å². The van der Waals surface area contributed by atoms with Crippen LogP contribution in [0.4, 0.5) is 4.39 Å². The van der Waals surface area contributed by atoms with Crippen molar-refractivity contribution in [2.24, 2.45) is 0 Å². The molecule has 0 fully saturated rings. The average Bonchev–Trinajstić information content (AvgIpc) is 3.21. The van der Waals surface area contributed by atoms with E-state index in [1.807, 2.05) is 24.3 Å². The minimum atomic E-state index is -0.502. The lowest BCUT2D eigenvalue weighted by atomic mass is 9.97. The molecule has 0 bridgehead atoms. The monoisotopic (exact) mass is 456 g/mol. The molecule has 0 amide bonds. The third-order valence-electron chi connectivity index (χ3n) is 5.79. The van der Waals surface area contributed by atoms with Gasteiger partial charge in [0.05, 0.1) is 0 Å². The quantitative estimate of drug-likeness (QED) is 0.234. The molecular formula is C29H25FO4. The van der Waals surface area contributed by atoms with E-state index in [9.17, 15) is 9.59 Å². The number of fused-ring (bicyclic) bond motifs is 1. The molecule has 0 aliphatic heterocycles. The van der Waals surface area contributed by atoms with E-state index in [2.05, 4.69) is 13.2 Å². The molecular weight excluding hydrogens is 431 g/mol. The second-order valence-corrected chi connectivity index (χ2v) is 8.52. The molecule has 1 aliphatic rings. The van der Waals surface area contributed by atoms with Gasteiger partial charge in [-0.15, -0.1) is 0 Å². The highest BCUT2D eigenvalue weighted by molar-refractivity contribution is 5.89. The van der Waals surface area contributed by atoms with Crippen LogP contribution < -0.4 is 4.74 Å². The summed E-state index contributed by atoms with van der Waals surface area (Å²) in [6, 6.07) is 17.7. The molecule has 0 heterocycles. The zero-order valence-corrected chi connectivity index (χ0v) is 19.2. The van der Waals surface area contributed by atoms with Crippen LogP contribution >= 0.6 is 0 Å². The van der Waals surface area contributed by atoms with Crippen LogP contribution in [0.25, 0.3) is 22.3 Å². The maximum atomic E-state index is 15.0. The van der Waals surface area contributed by atoms with Crippen molar-refractivity contribution in [3.8, 4) is 28.0 Å². The van der Waals surface area contributed by atoms with Gasteiger partial charge < -0.3 is 9.47 Å². The molecule has 3 aromatic carbocycles. The maximum absolute atomic E-state index is 15.0. The number of ether oxygens (including phenoxy) is 2. The van der Waals surface area contributed by atoms with Gasteiger partial charge in [-0.1, -0.05) is 55.6 Å². The molecule has 0 aromatic heterocycles. The highest BCUT2D eigenvalue weighted by Crippen LogP contribution is 2.37. The molecule has 0 spiro atoms. The number of hydrogen-bond donors (Lipinski definition) is 0. The van der Waals surface area contributed by atoms with E-state index in [1.54, 1.807) is 44.2 Å². The van der Waals surface area contributed by atoms with Crippen molar-refractivity contribution in [2.45, 2.75) is 32.8 Å². The van der Waals surface area contributed by atoms with Crippen molar-refractivity contribution in [2.75, 3.05) is 0 Å². The first-order valence-electron chi connectivity index (χ1n) is 11.0. The molecule has 1 atom stereocenters. The summed E-state index contributed by atoms with van der Waals surface area (Å²) in [7, 11) is 0. The lowest BCUT2D eigenvalue weighted by Crippen LogP contribution is -2.09. The third kappa shape index (κ3) is 4.84. The van der Waals surface area contributed by atoms with Crippen molar-refractivity contribution in [1.82, 2.24) is 0 Å². The van der Waals surface area contributed by atoms with Crippen molar-refractivity contribution in [3.63, 3.8) is 0 Å². The van der Waals surface area contributed by atoms with E-state index in [1.165, 1.54) is 6.07 Å². The Morgan fingerprint density at radius 1 is 0.853 bits per heavy atom. The molecule has 0 saturated heterocycles. The van der Waals surface area contributed by atoms with Gasteiger partial charge in [0, 0.05) is 16.7 Å². The van der Waals surface area contributed by atoms with Crippen molar-refractivity contribution >= 4 is 11.9 Å². The van der Waals surface area contributed by atoms with Crippen molar-refractivity contribution in [1.29, 1.82) is 0 Å². The summed E-state index contributed by atoms with van der Waals surface area (Å²) in [4.78, 5) is 23.5. The van der Waals surface area contributed by atoms with E-state index in [4.69, 9.17) is 9.47 Å². The fourth-order valence-electron chi connectivity index (χ4n) is 3.94. The van der Waals surface area contributed by atoms with Gasteiger partial charge in [0.15, 0.2) is 0 Å². The van der Waals surface area contributed by atoms with Gasteiger partial charge in [-0.05, 0) is 72.7 Å². The first-order chi connectivity index (χ1) is 16.2. The fourth-order valence-corrected chi connectivity index (χ4v) is 3.94. The lowest BCUT2D eigenvalue weighted by molar-refractivity contribution is -0.144. The molecule has 172 valence electrons. The Kier molecular flexibility index (Phi) is 6.46. The fraction of sp³-hybridized carbons (Fsp3) is 0.172. The number of aryl methyl sites for hydroxylation is 1. The predicted octanol–water partition coefficient (Wildman–Crippen LogP) is 6.75. The largest absolute Gasteiger partial charge is 0.454 e. The zero-order chi connectivity index (χ0) is 24.4. The number of rotatable bonds is 6. The van der Waals surface area contributed by atoms with Crippen LogP contribution in [0.1, 0.15) is 37.5 Å². The molecule has 4 rings (SSSR count). The van der Waals surface area contributed by atoms with Crippen molar-refractivity contribution < 1.29 is 23.5 Å². The lowest BCUT2D eigenvalue weighted by Gasteiger charge is -2.14. The Bertz CT molecular complexity index is 1300. The Morgan fingerprint density at radius 2 is 1.47 bits per heavy atom. The third-order valence-corrected chi connectivity index (χ3v) is 5.79. The summed E-state index contributed by atoms with van der Waals surface area (Å²) in [6.07, 6.45) is 1.24. The first-order valence-corrected chi connectivity index (χ1v) is 11.0. The highest BCUT2D eigenvalue weighted by Gasteiger charge is 2.26. The summed E-state index contributed by atoms with van der Waals surface area (Å²) in [6.45, 7) is 10.4. The van der Waals surface area contributed by atoms with E-state index in [-0.39, 0.29) is 17.9 Å². The summed E-state index contributed by atoms with van der Waals surface area (Å²) < 4.78 is 25.8. The number of benzene rings is 3. The summed E-state index contributed by atoms with van der Waals surface area (Å²) in [5.74, 6) is -0.864. The number of carbonyl (C=O) groups excluding carboxylic acids is 2. The molecule has 1 unspecified atom stereocenters. The highest BCUT2D eigenvalue weighted by atomic mass is 19.1. The summed E-state index contributed by atoms with van der Waals surface area (Å²) >= 11 is 0. The van der Waals surface area contributed by atoms with E-state index in [0.717, 1.165) is 35.1 Å². The Labute approximate surface area is 198 Å². The SMILES string of the molecule is C=C(C)C(=O)Oc1ccc(-c2ccc(-c3ccc4c(c3)CCC4OC(=O)C(=C)C)cc2F)cc1. The molecule has 0 radical (unpaired) electrons. The van der Waals surface area contributed by atoms with Crippen LogP contribution in [0, 0.1) is 5.82 Å². The van der Waals surface area contributed by atoms with Crippen molar-refractivity contribution in [3.05, 3.63) is 102 Å². The van der Waals surface area contributed by atoms with Gasteiger partial charge in [-0.25, -0.2) is 14.0 Å². The second-order valence-electron chi connectivity index (χ2n) is 8.52. The summed E-state index contributed by atoms with van der Waals surface area (Å²) in [5.41, 5.74) is 5.56. The molecule has 34 heavy (non-hydrogen) atoms. The molecule has 0 saturated carbocycles. The van der Waals surface area contributed by atoms with E-state index < -0.39 is 5.97 Å². The normalized spacial score (nSPS) is 14.3. The van der Waals surface area contributed by atoms with Crippen LogP contribution in [0.5, 0.6) is 5.75 Å². The van der Waals surface area contributed by atoms with Gasteiger partial charge in [-0.3, -0.25) is 0 Å². The van der Waals surface area contributed by atoms with E-state index >= 15 is 4.39 Å². The average molecular weight is 457 g/mol. The Morgan fingerprint density at radius 3 is 2.12 bits per heavy atom. The number of esters is 2. The predicted molar refractivity (Wildman–Crippen MR) is 130 cm³/mol. The van der Waals surface area contributed by atoms with Gasteiger partial charge in [0.1, 0.15) is 17.7 Å².